The van der Waals surface area contributed by atoms with E-state index in [4.69, 9.17) is 4.18 Å². The molecule has 0 bridgehead atoms. The number of rotatable bonds is 7. The summed E-state index contributed by atoms with van der Waals surface area (Å²) in [7, 11) is -3.81. The fourth-order valence-electron chi connectivity index (χ4n) is 1.32. The average Bonchev–Trinajstić information content (AvgIpc) is 2.35. The lowest BCUT2D eigenvalue weighted by Crippen LogP contribution is -2.07. The molecule has 1 aromatic rings. The molecular weight excluding hydrogens is 258 g/mol. The molecule has 7 heteroatoms. The summed E-state index contributed by atoms with van der Waals surface area (Å²) in [6, 6.07) is 4.63. The van der Waals surface area contributed by atoms with Crippen molar-refractivity contribution in [2.24, 2.45) is 0 Å². The Morgan fingerprint density at radius 3 is 2.33 bits per heavy atom. The number of unbranched alkanes of at least 4 members (excludes halogenated alkanes) is 2. The lowest BCUT2D eigenvalue weighted by atomic mass is 10.3. The van der Waals surface area contributed by atoms with E-state index in [1.165, 1.54) is 12.1 Å². The maximum atomic E-state index is 11.7. The lowest BCUT2D eigenvalue weighted by Gasteiger charge is -2.04. The minimum absolute atomic E-state index is 0.0652. The third kappa shape index (κ3) is 4.08. The molecule has 0 atom stereocenters. The molecule has 0 aromatic heterocycles. The molecule has 1 rings (SSSR count). The quantitative estimate of drug-likeness (QED) is 0.329. The smallest absolute Gasteiger partial charge is 0.266 e. The van der Waals surface area contributed by atoms with Crippen LogP contribution >= 0.6 is 0 Å². The second kappa shape index (κ2) is 6.46. The zero-order valence-electron chi connectivity index (χ0n) is 10.0. The number of non-ortho nitro benzene ring substituents is 1. The standard InChI is InChI=1S/C11H15NO5S/c1-2-3-4-9-17-18(15,16)11-7-5-10(6-8-11)12(13)14/h5-8H,2-4,9H2,1H3. The molecule has 0 saturated carbocycles. The molecular formula is C11H15NO5S. The summed E-state index contributed by atoms with van der Waals surface area (Å²) in [6.45, 7) is 2.14. The molecule has 0 fully saturated rings. The summed E-state index contributed by atoms with van der Waals surface area (Å²) in [6.07, 6.45) is 2.54. The van der Waals surface area contributed by atoms with E-state index in [9.17, 15) is 18.5 Å². The summed E-state index contributed by atoms with van der Waals surface area (Å²) in [5.74, 6) is 0. The summed E-state index contributed by atoms with van der Waals surface area (Å²) in [4.78, 5) is 9.78. The highest BCUT2D eigenvalue weighted by Gasteiger charge is 2.16. The molecule has 1 aromatic carbocycles. The molecule has 0 saturated heterocycles. The summed E-state index contributed by atoms with van der Waals surface area (Å²) in [5, 5.41) is 10.4. The predicted molar refractivity (Wildman–Crippen MR) is 65.8 cm³/mol. The van der Waals surface area contributed by atoms with Gasteiger partial charge in [0.1, 0.15) is 0 Å². The van der Waals surface area contributed by atoms with Crippen molar-refractivity contribution in [3.8, 4) is 0 Å². The highest BCUT2D eigenvalue weighted by molar-refractivity contribution is 7.86. The normalized spacial score (nSPS) is 11.4. The van der Waals surface area contributed by atoms with Crippen LogP contribution < -0.4 is 0 Å². The van der Waals surface area contributed by atoms with Crippen LogP contribution in [-0.2, 0) is 14.3 Å². The van der Waals surface area contributed by atoms with E-state index in [0.717, 1.165) is 25.0 Å². The van der Waals surface area contributed by atoms with Crippen LogP contribution in [0.5, 0.6) is 0 Å². The Bertz CT molecular complexity index is 495. The van der Waals surface area contributed by atoms with Gasteiger partial charge in [0.2, 0.25) is 0 Å². The van der Waals surface area contributed by atoms with Crippen LogP contribution in [0.15, 0.2) is 29.2 Å². The third-order valence-electron chi connectivity index (χ3n) is 2.32. The van der Waals surface area contributed by atoms with Crippen molar-refractivity contribution in [3.63, 3.8) is 0 Å². The fourth-order valence-corrected chi connectivity index (χ4v) is 2.27. The van der Waals surface area contributed by atoms with Gasteiger partial charge in [0.15, 0.2) is 0 Å². The second-order valence-electron chi connectivity index (χ2n) is 3.73. The molecule has 0 aliphatic heterocycles. The molecule has 6 nitrogen and oxygen atoms in total. The fraction of sp³-hybridized carbons (Fsp3) is 0.455. The van der Waals surface area contributed by atoms with Gasteiger partial charge in [0.05, 0.1) is 16.4 Å². The largest absolute Gasteiger partial charge is 0.296 e. The van der Waals surface area contributed by atoms with Gasteiger partial charge in [-0.2, -0.15) is 8.42 Å². The van der Waals surface area contributed by atoms with E-state index in [2.05, 4.69) is 0 Å². The zero-order chi connectivity index (χ0) is 13.6. The lowest BCUT2D eigenvalue weighted by molar-refractivity contribution is -0.384. The van der Waals surface area contributed by atoms with Gasteiger partial charge in [0, 0.05) is 12.1 Å². The van der Waals surface area contributed by atoms with Crippen molar-refractivity contribution < 1.29 is 17.5 Å². The molecule has 0 aliphatic carbocycles. The monoisotopic (exact) mass is 273 g/mol. The topological polar surface area (TPSA) is 86.5 Å². The Balaban J connectivity index is 2.70. The first-order chi connectivity index (χ1) is 8.47. The first-order valence-electron chi connectivity index (χ1n) is 5.61. The number of hydrogen-bond acceptors (Lipinski definition) is 5. The van der Waals surface area contributed by atoms with Gasteiger partial charge in [-0.3, -0.25) is 14.3 Å². The molecule has 0 spiro atoms. The van der Waals surface area contributed by atoms with E-state index in [0.29, 0.717) is 6.42 Å². The number of nitrogens with zero attached hydrogens (tertiary/aromatic N) is 1. The molecule has 0 amide bonds. The molecule has 100 valence electrons. The van der Waals surface area contributed by atoms with Crippen molar-refractivity contribution in [3.05, 3.63) is 34.4 Å². The zero-order valence-corrected chi connectivity index (χ0v) is 10.9. The van der Waals surface area contributed by atoms with Crippen molar-refractivity contribution in [1.82, 2.24) is 0 Å². The Labute approximate surface area is 106 Å². The Morgan fingerprint density at radius 1 is 1.22 bits per heavy atom. The van der Waals surface area contributed by atoms with Crippen molar-refractivity contribution in [1.29, 1.82) is 0 Å². The van der Waals surface area contributed by atoms with Crippen LogP contribution in [0.4, 0.5) is 5.69 Å². The average molecular weight is 273 g/mol. The van der Waals surface area contributed by atoms with Gasteiger partial charge < -0.3 is 0 Å². The summed E-state index contributed by atoms with van der Waals surface area (Å²) < 4.78 is 28.2. The van der Waals surface area contributed by atoms with E-state index in [-0.39, 0.29) is 17.2 Å². The maximum Gasteiger partial charge on any atom is 0.296 e. The number of nitro benzene ring substituents is 1. The Morgan fingerprint density at radius 2 is 1.83 bits per heavy atom. The van der Waals surface area contributed by atoms with Crippen LogP contribution in [0.25, 0.3) is 0 Å². The highest BCUT2D eigenvalue weighted by atomic mass is 32.2. The molecule has 0 heterocycles. The minimum Gasteiger partial charge on any atom is -0.266 e. The highest BCUT2D eigenvalue weighted by Crippen LogP contribution is 2.17. The first-order valence-corrected chi connectivity index (χ1v) is 7.02. The SMILES string of the molecule is CCCCCOS(=O)(=O)c1ccc([N+](=O)[O-])cc1. The van der Waals surface area contributed by atoms with E-state index in [1.807, 2.05) is 6.92 Å². The summed E-state index contributed by atoms with van der Waals surface area (Å²) in [5.41, 5.74) is -0.153. The van der Waals surface area contributed by atoms with Crippen LogP contribution in [0.2, 0.25) is 0 Å². The maximum absolute atomic E-state index is 11.7. The Hall–Kier alpha value is -1.47. The van der Waals surface area contributed by atoms with E-state index >= 15 is 0 Å². The molecule has 0 aliphatic rings. The van der Waals surface area contributed by atoms with Crippen LogP contribution in [0.3, 0.4) is 0 Å². The van der Waals surface area contributed by atoms with Gasteiger partial charge in [0.25, 0.3) is 15.8 Å². The second-order valence-corrected chi connectivity index (χ2v) is 5.35. The third-order valence-corrected chi connectivity index (χ3v) is 3.65. The van der Waals surface area contributed by atoms with Gasteiger partial charge in [-0.05, 0) is 18.6 Å². The number of benzene rings is 1. The molecule has 0 radical (unpaired) electrons. The number of hydrogen-bond donors (Lipinski definition) is 0. The summed E-state index contributed by atoms with van der Waals surface area (Å²) >= 11 is 0. The van der Waals surface area contributed by atoms with Crippen LogP contribution in [0, 0.1) is 10.1 Å². The van der Waals surface area contributed by atoms with Gasteiger partial charge in [-0.1, -0.05) is 19.8 Å². The molecule has 0 unspecified atom stereocenters. The van der Waals surface area contributed by atoms with Crippen molar-refractivity contribution in [2.75, 3.05) is 6.61 Å². The minimum atomic E-state index is -3.81. The van der Waals surface area contributed by atoms with Gasteiger partial charge in [-0.15, -0.1) is 0 Å². The van der Waals surface area contributed by atoms with Crippen LogP contribution in [0.1, 0.15) is 26.2 Å². The Kier molecular flexibility index (Phi) is 5.24. The van der Waals surface area contributed by atoms with Gasteiger partial charge in [-0.25, -0.2) is 0 Å². The molecule has 18 heavy (non-hydrogen) atoms. The first kappa shape index (κ1) is 14.6. The number of nitro groups is 1. The van der Waals surface area contributed by atoms with E-state index < -0.39 is 15.0 Å². The van der Waals surface area contributed by atoms with Crippen molar-refractivity contribution in [2.45, 2.75) is 31.1 Å². The van der Waals surface area contributed by atoms with Gasteiger partial charge >= 0.3 is 0 Å². The van der Waals surface area contributed by atoms with Crippen LogP contribution in [-0.4, -0.2) is 19.9 Å². The van der Waals surface area contributed by atoms with Crippen molar-refractivity contribution >= 4 is 15.8 Å². The predicted octanol–water partition coefficient (Wildman–Crippen LogP) is 2.49. The van der Waals surface area contributed by atoms with E-state index in [1.54, 1.807) is 0 Å². The molecule has 0 N–H and O–H groups in total.